The highest BCUT2D eigenvalue weighted by Gasteiger charge is 2.08. The molecule has 2 aromatic rings. The van der Waals surface area contributed by atoms with E-state index < -0.39 is 5.82 Å². The van der Waals surface area contributed by atoms with Gasteiger partial charge in [0.1, 0.15) is 0 Å². The molecule has 0 unspecified atom stereocenters. The third-order valence-electron chi connectivity index (χ3n) is 2.71. The molecule has 1 heterocycles. The minimum Gasteiger partial charge on any atom is -0.491 e. The van der Waals surface area contributed by atoms with Crippen LogP contribution in [0.3, 0.4) is 0 Å². The van der Waals surface area contributed by atoms with Gasteiger partial charge in [-0.15, -0.1) is 0 Å². The fourth-order valence-electron chi connectivity index (χ4n) is 1.76. The molecule has 0 amide bonds. The van der Waals surface area contributed by atoms with Gasteiger partial charge in [0.2, 0.25) is 0 Å². The highest BCUT2D eigenvalue weighted by molar-refractivity contribution is 7.07. The molecular formula is C14H17FN2OS. The minimum atomic E-state index is -0.428. The van der Waals surface area contributed by atoms with Gasteiger partial charge in [-0.1, -0.05) is 0 Å². The predicted octanol–water partition coefficient (Wildman–Crippen LogP) is 3.52. The van der Waals surface area contributed by atoms with Crippen molar-refractivity contribution in [3.8, 4) is 5.75 Å². The summed E-state index contributed by atoms with van der Waals surface area (Å²) in [5, 5.41) is 7.37. The standard InChI is InChI=1S/C14H17FN2OS/c1-2-18-14-8-13(12(16)7-11(14)15)17-5-3-10-4-6-19-9-10/h4,6-9,17H,2-3,5,16H2,1H3. The lowest BCUT2D eigenvalue weighted by Gasteiger charge is -2.12. The fraction of sp³-hybridized carbons (Fsp3) is 0.286. The molecular weight excluding hydrogens is 263 g/mol. The first-order valence-corrected chi connectivity index (χ1v) is 7.11. The highest BCUT2D eigenvalue weighted by Crippen LogP contribution is 2.28. The van der Waals surface area contributed by atoms with Crippen molar-refractivity contribution in [1.82, 2.24) is 0 Å². The van der Waals surface area contributed by atoms with Crippen LogP contribution in [-0.2, 0) is 6.42 Å². The number of nitrogen functional groups attached to an aromatic ring is 1. The molecule has 3 N–H and O–H groups in total. The lowest BCUT2D eigenvalue weighted by molar-refractivity contribution is 0.322. The highest BCUT2D eigenvalue weighted by atomic mass is 32.1. The molecule has 0 aliphatic heterocycles. The number of thiophene rings is 1. The van der Waals surface area contributed by atoms with Crippen molar-refractivity contribution >= 4 is 22.7 Å². The summed E-state index contributed by atoms with van der Waals surface area (Å²) in [5.41, 5.74) is 8.17. The first-order valence-electron chi connectivity index (χ1n) is 6.17. The molecule has 0 bridgehead atoms. The van der Waals surface area contributed by atoms with E-state index in [9.17, 15) is 4.39 Å². The predicted molar refractivity (Wildman–Crippen MR) is 78.5 cm³/mol. The van der Waals surface area contributed by atoms with Gasteiger partial charge < -0.3 is 15.8 Å². The van der Waals surface area contributed by atoms with Crippen LogP contribution in [0, 0.1) is 5.82 Å². The van der Waals surface area contributed by atoms with Crippen molar-refractivity contribution in [3.05, 3.63) is 40.3 Å². The van der Waals surface area contributed by atoms with Crippen molar-refractivity contribution in [2.75, 3.05) is 24.2 Å². The molecule has 1 aromatic heterocycles. The van der Waals surface area contributed by atoms with E-state index in [1.807, 2.05) is 6.92 Å². The number of rotatable bonds is 6. The number of ether oxygens (including phenoxy) is 1. The van der Waals surface area contributed by atoms with Crippen LogP contribution in [0.1, 0.15) is 12.5 Å². The van der Waals surface area contributed by atoms with E-state index in [-0.39, 0.29) is 5.75 Å². The molecule has 0 aliphatic carbocycles. The summed E-state index contributed by atoms with van der Waals surface area (Å²) >= 11 is 1.68. The Morgan fingerprint density at radius 2 is 2.26 bits per heavy atom. The molecule has 0 radical (unpaired) electrons. The zero-order valence-corrected chi connectivity index (χ0v) is 11.6. The second kappa shape index (κ2) is 6.43. The maximum Gasteiger partial charge on any atom is 0.167 e. The number of anilines is 2. The largest absolute Gasteiger partial charge is 0.491 e. The van der Waals surface area contributed by atoms with Crippen LogP contribution in [-0.4, -0.2) is 13.2 Å². The fourth-order valence-corrected chi connectivity index (χ4v) is 2.47. The number of hydrogen-bond acceptors (Lipinski definition) is 4. The van der Waals surface area contributed by atoms with Crippen molar-refractivity contribution in [2.45, 2.75) is 13.3 Å². The lowest BCUT2D eigenvalue weighted by Crippen LogP contribution is -2.07. The summed E-state index contributed by atoms with van der Waals surface area (Å²) in [7, 11) is 0. The third-order valence-corrected chi connectivity index (χ3v) is 3.45. The molecule has 5 heteroatoms. The van der Waals surface area contributed by atoms with Crippen molar-refractivity contribution in [3.63, 3.8) is 0 Å². The van der Waals surface area contributed by atoms with E-state index in [0.717, 1.165) is 13.0 Å². The van der Waals surface area contributed by atoms with Crippen LogP contribution in [0.4, 0.5) is 15.8 Å². The van der Waals surface area contributed by atoms with E-state index in [2.05, 4.69) is 22.1 Å². The minimum absolute atomic E-state index is 0.231. The summed E-state index contributed by atoms with van der Waals surface area (Å²) in [5.74, 6) is -0.197. The monoisotopic (exact) mass is 280 g/mol. The van der Waals surface area contributed by atoms with E-state index in [1.54, 1.807) is 17.4 Å². The van der Waals surface area contributed by atoms with Crippen LogP contribution in [0.2, 0.25) is 0 Å². The third kappa shape index (κ3) is 3.61. The lowest BCUT2D eigenvalue weighted by atomic mass is 10.2. The second-order valence-corrected chi connectivity index (χ2v) is 4.89. The van der Waals surface area contributed by atoms with E-state index in [4.69, 9.17) is 10.5 Å². The average molecular weight is 280 g/mol. The van der Waals surface area contributed by atoms with Crippen molar-refractivity contribution in [1.29, 1.82) is 0 Å². The van der Waals surface area contributed by atoms with Crippen LogP contribution in [0.15, 0.2) is 29.0 Å². The van der Waals surface area contributed by atoms with Crippen LogP contribution in [0.5, 0.6) is 5.75 Å². The molecule has 1 aromatic carbocycles. The van der Waals surface area contributed by atoms with E-state index >= 15 is 0 Å². The first kappa shape index (κ1) is 13.7. The van der Waals surface area contributed by atoms with Crippen molar-refractivity contribution < 1.29 is 9.13 Å². The van der Waals surface area contributed by atoms with Gasteiger partial charge in [-0.25, -0.2) is 4.39 Å². The molecule has 0 fully saturated rings. The normalized spacial score (nSPS) is 10.4. The summed E-state index contributed by atoms with van der Waals surface area (Å²) in [6.07, 6.45) is 0.907. The van der Waals surface area contributed by atoms with Gasteiger partial charge >= 0.3 is 0 Å². The number of nitrogens with two attached hydrogens (primary N) is 1. The summed E-state index contributed by atoms with van der Waals surface area (Å²) in [6.45, 7) is 2.99. The molecule has 102 valence electrons. The Labute approximate surface area is 116 Å². The van der Waals surface area contributed by atoms with E-state index in [1.165, 1.54) is 11.6 Å². The van der Waals surface area contributed by atoms with Crippen LogP contribution >= 0.6 is 11.3 Å². The molecule has 0 spiro atoms. The molecule has 2 rings (SSSR count). The SMILES string of the molecule is CCOc1cc(NCCc2ccsc2)c(N)cc1F. The number of benzene rings is 1. The van der Waals surface area contributed by atoms with E-state index in [0.29, 0.717) is 18.0 Å². The zero-order chi connectivity index (χ0) is 13.7. The molecule has 0 aliphatic rings. The summed E-state index contributed by atoms with van der Waals surface area (Å²) in [4.78, 5) is 0. The summed E-state index contributed by atoms with van der Waals surface area (Å²) < 4.78 is 18.7. The van der Waals surface area contributed by atoms with Crippen molar-refractivity contribution in [2.24, 2.45) is 0 Å². The number of hydrogen-bond donors (Lipinski definition) is 2. The number of nitrogens with one attached hydrogen (secondary N) is 1. The smallest absolute Gasteiger partial charge is 0.167 e. The number of halogens is 1. The van der Waals surface area contributed by atoms with Gasteiger partial charge in [0.05, 0.1) is 18.0 Å². The Balaban J connectivity index is 2.00. The quantitative estimate of drug-likeness (QED) is 0.796. The molecule has 19 heavy (non-hydrogen) atoms. The Hall–Kier alpha value is -1.75. The average Bonchev–Trinajstić information content (AvgIpc) is 2.88. The second-order valence-electron chi connectivity index (χ2n) is 4.11. The van der Waals surface area contributed by atoms with Gasteiger partial charge in [-0.2, -0.15) is 11.3 Å². The Bertz CT molecular complexity index is 528. The van der Waals surface area contributed by atoms with Gasteiger partial charge in [0, 0.05) is 18.7 Å². The van der Waals surface area contributed by atoms with Gasteiger partial charge in [-0.05, 0) is 35.7 Å². The van der Waals surface area contributed by atoms with Gasteiger partial charge in [0.25, 0.3) is 0 Å². The topological polar surface area (TPSA) is 47.3 Å². The first-order chi connectivity index (χ1) is 9.20. The molecule has 0 saturated heterocycles. The zero-order valence-electron chi connectivity index (χ0n) is 10.8. The Kier molecular flexibility index (Phi) is 4.63. The van der Waals surface area contributed by atoms with Crippen LogP contribution in [0.25, 0.3) is 0 Å². The maximum absolute atomic E-state index is 13.5. The maximum atomic E-state index is 13.5. The molecule has 3 nitrogen and oxygen atoms in total. The molecule has 0 saturated carbocycles. The summed E-state index contributed by atoms with van der Waals surface area (Å²) in [6, 6.07) is 4.99. The van der Waals surface area contributed by atoms with Gasteiger partial charge in [-0.3, -0.25) is 0 Å². The Morgan fingerprint density at radius 1 is 1.42 bits per heavy atom. The van der Waals surface area contributed by atoms with Crippen LogP contribution < -0.4 is 15.8 Å². The Morgan fingerprint density at radius 3 is 2.95 bits per heavy atom. The molecule has 0 atom stereocenters. The van der Waals surface area contributed by atoms with Gasteiger partial charge in [0.15, 0.2) is 11.6 Å².